The van der Waals surface area contributed by atoms with Crippen LogP contribution in [-0.4, -0.2) is 18.8 Å². The molecule has 0 saturated heterocycles. The van der Waals surface area contributed by atoms with E-state index in [1.807, 2.05) is 0 Å². The van der Waals surface area contributed by atoms with Gasteiger partial charge < -0.3 is 16.8 Å². The molecule has 0 spiro atoms. The van der Waals surface area contributed by atoms with Crippen molar-refractivity contribution in [1.29, 1.82) is 0 Å². The normalized spacial score (nSPS) is 14.5. The van der Waals surface area contributed by atoms with Gasteiger partial charge in [0.2, 0.25) is 0 Å². The molecule has 5 N–H and O–H groups in total. The Morgan fingerprint density at radius 1 is 0.737 bits per heavy atom. The quantitative estimate of drug-likeness (QED) is 0.334. The van der Waals surface area contributed by atoms with E-state index in [2.05, 4.69) is 19.2 Å². The minimum Gasteiger partial charge on any atom is -0.327 e. The summed E-state index contributed by atoms with van der Waals surface area (Å²) in [6, 6.07) is 0.267. The highest BCUT2D eigenvalue weighted by atomic mass is 15.0. The van der Waals surface area contributed by atoms with Gasteiger partial charge >= 0.3 is 0 Å². The molecule has 0 radical (unpaired) electrons. The summed E-state index contributed by atoms with van der Waals surface area (Å²) in [7, 11) is 0. The third kappa shape index (κ3) is 14.1. The summed E-state index contributed by atoms with van der Waals surface area (Å²) < 4.78 is 0. The molecule has 0 aliphatic heterocycles. The molecule has 0 aromatic carbocycles. The fraction of sp³-hybridized carbons (Fsp3) is 1.00. The molecular weight excluding hydrogens is 234 g/mol. The van der Waals surface area contributed by atoms with Gasteiger partial charge in [-0.25, -0.2) is 0 Å². The third-order valence-corrected chi connectivity index (χ3v) is 3.69. The minimum atomic E-state index is 0.128. The van der Waals surface area contributed by atoms with E-state index in [1.54, 1.807) is 0 Å². The molecule has 3 nitrogen and oxygen atoms in total. The Morgan fingerprint density at radius 3 is 1.89 bits per heavy atom. The molecule has 0 heterocycles. The predicted molar refractivity (Wildman–Crippen MR) is 86.1 cm³/mol. The molecule has 0 rings (SSSR count). The molecule has 0 aliphatic rings. The van der Waals surface area contributed by atoms with Crippen molar-refractivity contribution in [3.05, 3.63) is 0 Å². The topological polar surface area (TPSA) is 64.1 Å². The van der Waals surface area contributed by atoms with Crippen LogP contribution in [0.25, 0.3) is 0 Å². The fourth-order valence-corrected chi connectivity index (χ4v) is 2.31. The number of rotatable bonds is 14. The Hall–Kier alpha value is -0.120. The van der Waals surface area contributed by atoms with Gasteiger partial charge in [0, 0.05) is 12.6 Å². The van der Waals surface area contributed by atoms with Crippen LogP contribution >= 0.6 is 0 Å². The van der Waals surface area contributed by atoms with E-state index in [-0.39, 0.29) is 12.2 Å². The van der Waals surface area contributed by atoms with Crippen LogP contribution in [0.15, 0.2) is 0 Å². The fourth-order valence-electron chi connectivity index (χ4n) is 2.31. The van der Waals surface area contributed by atoms with E-state index in [9.17, 15) is 0 Å². The van der Waals surface area contributed by atoms with Crippen molar-refractivity contribution < 1.29 is 0 Å². The SMILES string of the molecule is CCCCCCCC(N)NCC(N)CCCCCC. The van der Waals surface area contributed by atoms with Gasteiger partial charge in [0.05, 0.1) is 6.17 Å². The predicted octanol–water partition coefficient (Wildman–Crippen LogP) is 3.52. The van der Waals surface area contributed by atoms with E-state index in [0.717, 1.165) is 19.4 Å². The largest absolute Gasteiger partial charge is 0.327 e. The van der Waals surface area contributed by atoms with E-state index in [1.165, 1.54) is 57.8 Å². The molecule has 116 valence electrons. The Kier molecular flexibility index (Phi) is 14.2. The van der Waals surface area contributed by atoms with Crippen LogP contribution in [0.3, 0.4) is 0 Å². The van der Waals surface area contributed by atoms with Gasteiger partial charge in [-0.3, -0.25) is 0 Å². The summed E-state index contributed by atoms with van der Waals surface area (Å²) in [5, 5.41) is 3.37. The van der Waals surface area contributed by atoms with Gasteiger partial charge in [-0.15, -0.1) is 0 Å². The first-order valence-electron chi connectivity index (χ1n) is 8.45. The van der Waals surface area contributed by atoms with Crippen molar-refractivity contribution >= 4 is 0 Å². The van der Waals surface area contributed by atoms with Crippen LogP contribution in [0.5, 0.6) is 0 Å². The zero-order chi connectivity index (χ0) is 14.3. The summed E-state index contributed by atoms with van der Waals surface area (Å²) in [5.41, 5.74) is 12.1. The summed E-state index contributed by atoms with van der Waals surface area (Å²) in [6.07, 6.45) is 14.1. The van der Waals surface area contributed by atoms with Crippen LogP contribution < -0.4 is 16.8 Å². The zero-order valence-corrected chi connectivity index (χ0v) is 13.3. The smallest absolute Gasteiger partial charge is 0.0546 e. The minimum absolute atomic E-state index is 0.128. The second-order valence-electron chi connectivity index (χ2n) is 5.83. The lowest BCUT2D eigenvalue weighted by Gasteiger charge is -2.17. The van der Waals surface area contributed by atoms with Crippen molar-refractivity contribution in [2.24, 2.45) is 11.5 Å². The molecule has 19 heavy (non-hydrogen) atoms. The number of hydrogen-bond donors (Lipinski definition) is 3. The molecule has 0 amide bonds. The van der Waals surface area contributed by atoms with E-state index in [0.29, 0.717) is 0 Å². The maximum Gasteiger partial charge on any atom is 0.0546 e. The maximum absolute atomic E-state index is 6.08. The molecule has 0 aromatic rings. The molecule has 3 heteroatoms. The van der Waals surface area contributed by atoms with Gasteiger partial charge in [0.25, 0.3) is 0 Å². The van der Waals surface area contributed by atoms with Crippen LogP contribution in [-0.2, 0) is 0 Å². The van der Waals surface area contributed by atoms with Crippen molar-refractivity contribution in [2.45, 2.75) is 96.7 Å². The number of hydrogen-bond acceptors (Lipinski definition) is 3. The summed E-state index contributed by atoms with van der Waals surface area (Å²) >= 11 is 0. The summed E-state index contributed by atoms with van der Waals surface area (Å²) in [5.74, 6) is 0. The monoisotopic (exact) mass is 271 g/mol. The second kappa shape index (κ2) is 14.3. The van der Waals surface area contributed by atoms with Crippen molar-refractivity contribution in [2.75, 3.05) is 6.54 Å². The molecule has 0 fully saturated rings. The Bertz CT molecular complexity index is 173. The van der Waals surface area contributed by atoms with Gasteiger partial charge in [-0.1, -0.05) is 71.6 Å². The van der Waals surface area contributed by atoms with E-state index < -0.39 is 0 Å². The molecule has 0 aromatic heterocycles. The van der Waals surface area contributed by atoms with Gasteiger partial charge in [0.15, 0.2) is 0 Å². The Balaban J connectivity index is 3.32. The van der Waals surface area contributed by atoms with Crippen molar-refractivity contribution in [3.63, 3.8) is 0 Å². The highest BCUT2D eigenvalue weighted by Crippen LogP contribution is 2.06. The van der Waals surface area contributed by atoms with Crippen LogP contribution in [0.4, 0.5) is 0 Å². The van der Waals surface area contributed by atoms with Crippen molar-refractivity contribution in [3.8, 4) is 0 Å². The van der Waals surface area contributed by atoms with Crippen LogP contribution in [0, 0.1) is 0 Å². The van der Waals surface area contributed by atoms with Crippen LogP contribution in [0.1, 0.15) is 84.5 Å². The van der Waals surface area contributed by atoms with E-state index >= 15 is 0 Å². The lowest BCUT2D eigenvalue weighted by atomic mass is 10.1. The standard InChI is InChI=1S/C16H37N3/c1-3-5-7-9-11-13-16(18)19-14-15(17)12-10-8-6-4-2/h15-16,19H,3-14,17-18H2,1-2H3. The maximum atomic E-state index is 6.08. The highest BCUT2D eigenvalue weighted by Gasteiger charge is 2.05. The molecule has 0 saturated carbocycles. The first kappa shape index (κ1) is 18.9. The third-order valence-electron chi connectivity index (χ3n) is 3.69. The van der Waals surface area contributed by atoms with Gasteiger partial charge in [0.1, 0.15) is 0 Å². The van der Waals surface area contributed by atoms with E-state index in [4.69, 9.17) is 11.5 Å². The average molecular weight is 271 g/mol. The van der Waals surface area contributed by atoms with Crippen molar-refractivity contribution in [1.82, 2.24) is 5.32 Å². The number of nitrogens with one attached hydrogen (secondary N) is 1. The summed E-state index contributed by atoms with van der Waals surface area (Å²) in [6.45, 7) is 5.35. The number of unbranched alkanes of at least 4 members (excludes halogenated alkanes) is 7. The molecule has 2 atom stereocenters. The molecular formula is C16H37N3. The van der Waals surface area contributed by atoms with Crippen LogP contribution in [0.2, 0.25) is 0 Å². The highest BCUT2D eigenvalue weighted by molar-refractivity contribution is 4.68. The Labute approximate surface area is 120 Å². The first-order valence-corrected chi connectivity index (χ1v) is 8.45. The molecule has 2 unspecified atom stereocenters. The second-order valence-corrected chi connectivity index (χ2v) is 5.83. The summed E-state index contributed by atoms with van der Waals surface area (Å²) in [4.78, 5) is 0. The molecule has 0 bridgehead atoms. The first-order chi connectivity index (χ1) is 9.20. The average Bonchev–Trinajstić information content (AvgIpc) is 2.41. The van der Waals surface area contributed by atoms with Gasteiger partial charge in [-0.05, 0) is 12.8 Å². The number of nitrogens with two attached hydrogens (primary N) is 2. The lowest BCUT2D eigenvalue weighted by Crippen LogP contribution is -2.44. The zero-order valence-electron chi connectivity index (χ0n) is 13.3. The molecule has 0 aliphatic carbocycles. The lowest BCUT2D eigenvalue weighted by molar-refractivity contribution is 0.429. The Morgan fingerprint density at radius 2 is 1.26 bits per heavy atom. The van der Waals surface area contributed by atoms with Gasteiger partial charge in [-0.2, -0.15) is 0 Å².